The molecular weight excluding hydrogens is 516 g/mol. The van der Waals surface area contributed by atoms with E-state index in [9.17, 15) is 19.5 Å². The highest BCUT2D eigenvalue weighted by Crippen LogP contribution is 2.59. The van der Waals surface area contributed by atoms with Gasteiger partial charge in [-0.2, -0.15) is 0 Å². The smallest absolute Gasteiger partial charge is 0.323 e. The highest BCUT2D eigenvalue weighted by atomic mass is 16.4. The lowest BCUT2D eigenvalue weighted by atomic mass is 9.67. The van der Waals surface area contributed by atoms with E-state index in [-0.39, 0.29) is 17.5 Å². The number of carboxylic acids is 1. The molecule has 1 aromatic carbocycles. The number of piperidine rings is 3. The Morgan fingerprint density at radius 3 is 2.29 bits per heavy atom. The first kappa shape index (κ1) is 25.9. The molecule has 3 saturated heterocycles. The minimum atomic E-state index is -1.06. The van der Waals surface area contributed by atoms with Gasteiger partial charge < -0.3 is 14.6 Å². The Bertz CT molecular complexity index is 1410. The molecule has 0 spiro atoms. The number of benzene rings is 1. The van der Waals surface area contributed by atoms with Crippen molar-refractivity contribution in [2.45, 2.75) is 114 Å². The van der Waals surface area contributed by atoms with Crippen LogP contribution in [0.5, 0.6) is 0 Å². The monoisotopic (exact) mass is 558 g/mol. The van der Waals surface area contributed by atoms with Crippen LogP contribution >= 0.6 is 0 Å². The van der Waals surface area contributed by atoms with E-state index in [1.54, 1.807) is 0 Å². The molecule has 2 aromatic rings. The second kappa shape index (κ2) is 9.92. The molecule has 3 aliphatic heterocycles. The van der Waals surface area contributed by atoms with Crippen molar-refractivity contribution in [3.8, 4) is 0 Å². The van der Waals surface area contributed by atoms with E-state index in [4.69, 9.17) is 4.98 Å². The Morgan fingerprint density at radius 1 is 0.854 bits per heavy atom. The van der Waals surface area contributed by atoms with Gasteiger partial charge in [-0.15, -0.1) is 0 Å². The minimum Gasteiger partial charge on any atom is -0.480 e. The van der Waals surface area contributed by atoms with Gasteiger partial charge in [0, 0.05) is 30.6 Å². The van der Waals surface area contributed by atoms with Crippen LogP contribution in [0.3, 0.4) is 0 Å². The molecule has 5 atom stereocenters. The van der Waals surface area contributed by atoms with Crippen LogP contribution in [0.15, 0.2) is 29.1 Å². The second-order valence-corrected chi connectivity index (χ2v) is 14.2. The van der Waals surface area contributed by atoms with Crippen molar-refractivity contribution in [3.63, 3.8) is 0 Å². The van der Waals surface area contributed by atoms with Crippen LogP contribution in [0.2, 0.25) is 0 Å². The van der Waals surface area contributed by atoms with Gasteiger partial charge in [-0.1, -0.05) is 18.6 Å². The second-order valence-electron chi connectivity index (χ2n) is 14.2. The Balaban J connectivity index is 1.14. The topological polar surface area (TPSA) is 95.7 Å². The average Bonchev–Trinajstić information content (AvgIpc) is 3.54. The third-order valence-electron chi connectivity index (χ3n) is 12.0. The molecule has 41 heavy (non-hydrogen) atoms. The number of hydrogen-bond donors (Lipinski definition) is 1. The lowest BCUT2D eigenvalue weighted by Gasteiger charge is -2.55. The van der Waals surface area contributed by atoms with E-state index in [2.05, 4.69) is 4.90 Å². The van der Waals surface area contributed by atoms with Gasteiger partial charge in [0.1, 0.15) is 12.2 Å². The molecule has 6 aliphatic rings. The van der Waals surface area contributed by atoms with E-state index in [0.29, 0.717) is 43.1 Å². The molecule has 6 fully saturated rings. The summed E-state index contributed by atoms with van der Waals surface area (Å²) in [5.74, 6) is 2.63. The number of nitrogens with zero attached hydrogens (tertiary/aromatic N) is 4. The number of hydrogen-bond acceptors (Lipinski definition) is 5. The van der Waals surface area contributed by atoms with Gasteiger partial charge in [0.15, 0.2) is 0 Å². The van der Waals surface area contributed by atoms with Gasteiger partial charge in [-0.05, 0) is 106 Å². The molecule has 4 bridgehead atoms. The van der Waals surface area contributed by atoms with Crippen molar-refractivity contribution in [1.29, 1.82) is 0 Å². The maximum atomic E-state index is 14.4. The Kier molecular flexibility index (Phi) is 6.28. The lowest BCUT2D eigenvalue weighted by molar-refractivity contribution is -0.148. The van der Waals surface area contributed by atoms with Crippen LogP contribution < -0.4 is 5.56 Å². The van der Waals surface area contributed by atoms with E-state index in [0.717, 1.165) is 47.5 Å². The van der Waals surface area contributed by atoms with Crippen LogP contribution in [-0.2, 0) is 9.59 Å². The van der Waals surface area contributed by atoms with Gasteiger partial charge >= 0.3 is 5.97 Å². The highest BCUT2D eigenvalue weighted by Gasteiger charge is 2.53. The molecule has 5 unspecified atom stereocenters. The summed E-state index contributed by atoms with van der Waals surface area (Å²) >= 11 is 0. The summed E-state index contributed by atoms with van der Waals surface area (Å²) in [6, 6.07) is 9.08. The third-order valence-corrected chi connectivity index (χ3v) is 12.0. The highest BCUT2D eigenvalue weighted by molar-refractivity contribution is 5.82. The number of para-hydroxylation sites is 2. The third kappa shape index (κ3) is 4.26. The van der Waals surface area contributed by atoms with Gasteiger partial charge in [0.2, 0.25) is 5.91 Å². The van der Waals surface area contributed by atoms with Crippen LogP contribution in [0.4, 0.5) is 0 Å². The molecule has 1 amide bonds. The maximum Gasteiger partial charge on any atom is 0.323 e. The van der Waals surface area contributed by atoms with E-state index >= 15 is 0 Å². The first-order valence-corrected chi connectivity index (χ1v) is 16.2. The molecule has 218 valence electrons. The first-order chi connectivity index (χ1) is 19.9. The van der Waals surface area contributed by atoms with Gasteiger partial charge in [-0.3, -0.25) is 19.3 Å². The predicted molar refractivity (Wildman–Crippen MR) is 154 cm³/mol. The summed E-state index contributed by atoms with van der Waals surface area (Å²) < 4.78 is 2.00. The molecular formula is C33H42N4O4. The number of amides is 1. The number of carboxylic acid groups (broad SMARTS) is 1. The van der Waals surface area contributed by atoms with E-state index < -0.39 is 18.6 Å². The van der Waals surface area contributed by atoms with Crippen molar-refractivity contribution in [2.75, 3.05) is 6.54 Å². The van der Waals surface area contributed by atoms with Crippen molar-refractivity contribution in [2.24, 2.45) is 23.7 Å². The molecule has 1 aromatic heterocycles. The number of rotatable bonds is 5. The molecule has 0 radical (unpaired) electrons. The summed E-state index contributed by atoms with van der Waals surface area (Å²) in [4.78, 5) is 48.0. The largest absolute Gasteiger partial charge is 0.480 e. The molecule has 8 rings (SSSR count). The van der Waals surface area contributed by atoms with Crippen molar-refractivity contribution in [3.05, 3.63) is 40.3 Å². The summed E-state index contributed by atoms with van der Waals surface area (Å²) in [5.41, 5.74) is 1.81. The summed E-state index contributed by atoms with van der Waals surface area (Å²) in [6.07, 6.45) is 14.3. The van der Waals surface area contributed by atoms with Gasteiger partial charge in [-0.25, -0.2) is 4.98 Å². The van der Waals surface area contributed by atoms with Crippen molar-refractivity contribution < 1.29 is 14.7 Å². The predicted octanol–water partition coefficient (Wildman–Crippen LogP) is 4.92. The SMILES string of the molecule is O=C(O)CN1C(=O)CCCC1c1nc2ccccc2n(C2CC3CCCC(C2)N3C2CC3CC4CC(C2)C3C4)c1=O. The van der Waals surface area contributed by atoms with Gasteiger partial charge in [0.05, 0.1) is 17.1 Å². The fourth-order valence-corrected chi connectivity index (χ4v) is 10.7. The quantitative estimate of drug-likeness (QED) is 0.560. The van der Waals surface area contributed by atoms with Crippen LogP contribution in [0.1, 0.15) is 101 Å². The van der Waals surface area contributed by atoms with Crippen LogP contribution in [-0.4, -0.2) is 61.0 Å². The fourth-order valence-electron chi connectivity index (χ4n) is 10.7. The number of aliphatic carboxylic acids is 1. The standard InChI is InChI=1S/C33H42N4O4/c38-30-10-4-9-29(35(30)18-31(39)40)32-33(41)37(28-8-2-1-7-27(28)34-32)25-16-22-5-3-6-23(17-25)36(22)24-14-20-11-19-12-21(15-24)26(20)13-19/h1-2,7-8,19-26,29H,3-6,9-18H2,(H,39,40). The Morgan fingerprint density at radius 2 is 1.59 bits per heavy atom. The fraction of sp³-hybridized carbons (Fsp3) is 0.697. The lowest BCUT2D eigenvalue weighted by Crippen LogP contribution is -2.59. The average molecular weight is 559 g/mol. The zero-order valence-electron chi connectivity index (χ0n) is 23.9. The van der Waals surface area contributed by atoms with Crippen LogP contribution in [0.25, 0.3) is 11.0 Å². The Labute approximate surface area is 241 Å². The van der Waals surface area contributed by atoms with Crippen LogP contribution in [0, 0.1) is 23.7 Å². The number of aromatic nitrogens is 2. The number of likely N-dealkylation sites (tertiary alicyclic amines) is 1. The summed E-state index contributed by atoms with van der Waals surface area (Å²) in [6.45, 7) is -0.398. The zero-order chi connectivity index (χ0) is 27.8. The summed E-state index contributed by atoms with van der Waals surface area (Å²) in [7, 11) is 0. The first-order valence-electron chi connectivity index (χ1n) is 16.2. The number of carbonyl (C=O) groups is 2. The van der Waals surface area contributed by atoms with E-state index in [1.165, 1.54) is 56.3 Å². The molecule has 3 aliphatic carbocycles. The summed E-state index contributed by atoms with van der Waals surface area (Å²) in [5, 5.41) is 9.54. The molecule has 8 nitrogen and oxygen atoms in total. The van der Waals surface area contributed by atoms with Crippen molar-refractivity contribution >= 4 is 22.9 Å². The molecule has 8 heteroatoms. The number of fused-ring (bicyclic) bond motifs is 4. The van der Waals surface area contributed by atoms with Crippen molar-refractivity contribution in [1.82, 2.24) is 19.4 Å². The normalized spacial score (nSPS) is 38.5. The molecule has 3 saturated carbocycles. The molecule has 4 heterocycles. The van der Waals surface area contributed by atoms with E-state index in [1.807, 2.05) is 28.8 Å². The maximum absolute atomic E-state index is 14.4. The Hall–Kier alpha value is -2.74. The zero-order valence-corrected chi connectivity index (χ0v) is 23.9. The number of carbonyl (C=O) groups excluding carboxylic acids is 1. The molecule has 1 N–H and O–H groups in total. The van der Waals surface area contributed by atoms with Gasteiger partial charge in [0.25, 0.3) is 5.56 Å². The minimum absolute atomic E-state index is 0.0869.